The fourth-order valence-electron chi connectivity index (χ4n) is 2.46. The van der Waals surface area contributed by atoms with Crippen LogP contribution in [0.25, 0.3) is 0 Å². The molecule has 0 fully saturated rings. The third kappa shape index (κ3) is 3.52. The molecular weight excluding hydrogens is 305 g/mol. The lowest BCUT2D eigenvalue weighted by molar-refractivity contribution is 0.404. The Kier molecular flexibility index (Phi) is 5.51. The average molecular weight is 324 g/mol. The van der Waals surface area contributed by atoms with E-state index in [1.165, 1.54) is 0 Å². The van der Waals surface area contributed by atoms with E-state index < -0.39 is 0 Å². The molecule has 0 aliphatic heterocycles. The minimum atomic E-state index is -0.0117. The van der Waals surface area contributed by atoms with Crippen LogP contribution in [0.1, 0.15) is 29.7 Å². The van der Waals surface area contributed by atoms with Crippen molar-refractivity contribution in [2.45, 2.75) is 19.9 Å². The van der Waals surface area contributed by atoms with Gasteiger partial charge >= 0.3 is 0 Å². The number of benzene rings is 2. The molecule has 2 rings (SSSR count). The van der Waals surface area contributed by atoms with Crippen LogP contribution in [-0.4, -0.2) is 13.7 Å². The first-order valence-corrected chi connectivity index (χ1v) is 7.66. The maximum absolute atomic E-state index is 6.27. The van der Waals surface area contributed by atoms with Crippen LogP contribution in [0.5, 0.6) is 5.75 Å². The zero-order chi connectivity index (χ0) is 15.4. The highest BCUT2D eigenvalue weighted by Gasteiger charge is 2.20. The summed E-state index contributed by atoms with van der Waals surface area (Å²) in [6, 6.07) is 11.6. The molecule has 1 N–H and O–H groups in total. The van der Waals surface area contributed by atoms with Crippen LogP contribution >= 0.6 is 23.2 Å². The summed E-state index contributed by atoms with van der Waals surface area (Å²) in [6.45, 7) is 4.93. The quantitative estimate of drug-likeness (QED) is 0.835. The van der Waals surface area contributed by atoms with Crippen LogP contribution in [0.4, 0.5) is 0 Å². The summed E-state index contributed by atoms with van der Waals surface area (Å²) in [5.74, 6) is 0.810. The topological polar surface area (TPSA) is 21.3 Å². The first kappa shape index (κ1) is 16.2. The second-order valence-electron chi connectivity index (χ2n) is 4.83. The average Bonchev–Trinajstić information content (AvgIpc) is 2.48. The van der Waals surface area contributed by atoms with E-state index in [0.717, 1.165) is 34.0 Å². The van der Waals surface area contributed by atoms with E-state index in [-0.39, 0.29) is 6.04 Å². The molecule has 0 aromatic heterocycles. The van der Waals surface area contributed by atoms with Gasteiger partial charge in [0.2, 0.25) is 0 Å². The van der Waals surface area contributed by atoms with Crippen molar-refractivity contribution in [3.05, 3.63) is 63.1 Å². The van der Waals surface area contributed by atoms with Crippen molar-refractivity contribution in [1.29, 1.82) is 0 Å². The molecule has 0 amide bonds. The molecule has 2 nitrogen and oxygen atoms in total. The fourth-order valence-corrected chi connectivity index (χ4v) is 2.82. The molecule has 21 heavy (non-hydrogen) atoms. The molecule has 2 aromatic carbocycles. The minimum Gasteiger partial charge on any atom is -0.496 e. The van der Waals surface area contributed by atoms with Crippen molar-refractivity contribution in [3.8, 4) is 5.75 Å². The Morgan fingerprint density at radius 1 is 1.14 bits per heavy atom. The largest absolute Gasteiger partial charge is 0.496 e. The van der Waals surface area contributed by atoms with Gasteiger partial charge in [0, 0.05) is 15.6 Å². The highest BCUT2D eigenvalue weighted by atomic mass is 35.5. The van der Waals surface area contributed by atoms with Crippen LogP contribution in [0, 0.1) is 6.92 Å². The Labute approximate surface area is 136 Å². The van der Waals surface area contributed by atoms with Gasteiger partial charge in [0.25, 0.3) is 0 Å². The number of nitrogens with one attached hydrogen (secondary N) is 1. The molecule has 112 valence electrons. The Balaban J connectivity index is 2.58. The summed E-state index contributed by atoms with van der Waals surface area (Å²) in [5, 5.41) is 4.94. The van der Waals surface area contributed by atoms with Gasteiger partial charge in [-0.2, -0.15) is 0 Å². The number of halogens is 2. The third-order valence-corrected chi connectivity index (χ3v) is 4.18. The van der Waals surface area contributed by atoms with Crippen LogP contribution in [-0.2, 0) is 0 Å². The van der Waals surface area contributed by atoms with Crippen LogP contribution in [0.3, 0.4) is 0 Å². The van der Waals surface area contributed by atoms with E-state index >= 15 is 0 Å². The normalized spacial score (nSPS) is 12.2. The number of ether oxygens (including phenoxy) is 1. The molecule has 0 spiro atoms. The van der Waals surface area contributed by atoms with Gasteiger partial charge in [-0.1, -0.05) is 42.3 Å². The molecular formula is C17H19Cl2NO. The molecule has 0 saturated carbocycles. The summed E-state index contributed by atoms with van der Waals surface area (Å²) in [6.07, 6.45) is 0. The summed E-state index contributed by atoms with van der Waals surface area (Å²) in [5.41, 5.74) is 3.20. The monoisotopic (exact) mass is 323 g/mol. The lowest BCUT2D eigenvalue weighted by atomic mass is 9.94. The molecule has 0 bridgehead atoms. The molecule has 0 heterocycles. The van der Waals surface area contributed by atoms with Gasteiger partial charge < -0.3 is 10.1 Å². The Morgan fingerprint density at radius 2 is 1.90 bits per heavy atom. The van der Waals surface area contributed by atoms with E-state index in [1.54, 1.807) is 7.11 Å². The smallest absolute Gasteiger partial charge is 0.124 e. The highest BCUT2D eigenvalue weighted by Crippen LogP contribution is 2.35. The van der Waals surface area contributed by atoms with Gasteiger partial charge in [0.05, 0.1) is 13.2 Å². The Hall–Kier alpha value is -1.22. The van der Waals surface area contributed by atoms with Gasteiger partial charge in [-0.15, -0.1) is 0 Å². The van der Waals surface area contributed by atoms with E-state index in [9.17, 15) is 0 Å². The van der Waals surface area contributed by atoms with Crippen LogP contribution in [0.2, 0.25) is 10.0 Å². The number of rotatable bonds is 5. The van der Waals surface area contributed by atoms with Crippen molar-refractivity contribution < 1.29 is 4.74 Å². The van der Waals surface area contributed by atoms with Crippen LogP contribution in [0.15, 0.2) is 36.4 Å². The van der Waals surface area contributed by atoms with Gasteiger partial charge in [-0.05, 0) is 48.9 Å². The van der Waals surface area contributed by atoms with Gasteiger partial charge in [0.15, 0.2) is 0 Å². The number of hydrogen-bond donors (Lipinski definition) is 1. The van der Waals surface area contributed by atoms with Crippen molar-refractivity contribution in [1.82, 2.24) is 5.32 Å². The molecule has 0 radical (unpaired) electrons. The first-order valence-electron chi connectivity index (χ1n) is 6.90. The van der Waals surface area contributed by atoms with E-state index in [0.29, 0.717) is 5.02 Å². The molecule has 1 atom stereocenters. The molecule has 0 saturated heterocycles. The highest BCUT2D eigenvalue weighted by molar-refractivity contribution is 6.31. The maximum Gasteiger partial charge on any atom is 0.124 e. The third-order valence-electron chi connectivity index (χ3n) is 3.53. The second kappa shape index (κ2) is 7.17. The lowest BCUT2D eigenvalue weighted by Gasteiger charge is -2.23. The van der Waals surface area contributed by atoms with E-state index in [1.807, 2.05) is 37.3 Å². The second-order valence-corrected chi connectivity index (χ2v) is 5.67. The summed E-state index contributed by atoms with van der Waals surface area (Å²) < 4.78 is 5.49. The molecule has 0 aliphatic rings. The minimum absolute atomic E-state index is 0.0117. The number of methoxy groups -OCH3 is 1. The van der Waals surface area contributed by atoms with Gasteiger partial charge in [-0.25, -0.2) is 0 Å². The van der Waals surface area contributed by atoms with E-state index in [2.05, 4.69) is 18.3 Å². The van der Waals surface area contributed by atoms with Gasteiger partial charge in [-0.3, -0.25) is 0 Å². The van der Waals surface area contributed by atoms with Crippen molar-refractivity contribution >= 4 is 23.2 Å². The molecule has 1 unspecified atom stereocenters. The first-order chi connectivity index (χ1) is 10.1. The van der Waals surface area contributed by atoms with Crippen molar-refractivity contribution in [3.63, 3.8) is 0 Å². The maximum atomic E-state index is 6.27. The van der Waals surface area contributed by atoms with Crippen molar-refractivity contribution in [2.24, 2.45) is 0 Å². The molecule has 4 heteroatoms. The van der Waals surface area contributed by atoms with E-state index in [4.69, 9.17) is 27.9 Å². The predicted molar refractivity (Wildman–Crippen MR) is 89.7 cm³/mol. The van der Waals surface area contributed by atoms with Crippen LogP contribution < -0.4 is 10.1 Å². The summed E-state index contributed by atoms with van der Waals surface area (Å²) in [7, 11) is 1.67. The Bertz CT molecular complexity index is 628. The van der Waals surface area contributed by atoms with Crippen molar-refractivity contribution in [2.75, 3.05) is 13.7 Å². The molecule has 2 aromatic rings. The summed E-state index contributed by atoms with van der Waals surface area (Å²) in [4.78, 5) is 0. The number of hydrogen-bond acceptors (Lipinski definition) is 2. The Morgan fingerprint density at radius 3 is 2.57 bits per heavy atom. The zero-order valence-corrected chi connectivity index (χ0v) is 13.9. The lowest BCUT2D eigenvalue weighted by Crippen LogP contribution is -2.23. The standard InChI is InChI=1S/C17H19Cl2NO/c1-4-20-17(13-6-5-7-15(19)11(13)2)14-10-12(18)8-9-16(14)21-3/h5-10,17,20H,4H2,1-3H3. The van der Waals surface area contributed by atoms with Gasteiger partial charge in [0.1, 0.15) is 5.75 Å². The zero-order valence-electron chi connectivity index (χ0n) is 12.4. The summed E-state index contributed by atoms with van der Waals surface area (Å²) >= 11 is 12.4. The predicted octanol–water partition coefficient (Wildman–Crippen LogP) is 5.01. The SMILES string of the molecule is CCNC(c1cc(Cl)ccc1OC)c1cccc(Cl)c1C. The fraction of sp³-hybridized carbons (Fsp3) is 0.294. The molecule has 0 aliphatic carbocycles.